The molecule has 1 aromatic rings. The van der Waals surface area contributed by atoms with Crippen molar-refractivity contribution in [3.05, 3.63) is 11.4 Å². The lowest BCUT2D eigenvalue weighted by Crippen LogP contribution is -2.08. The lowest BCUT2D eigenvalue weighted by atomic mass is 10.2. The summed E-state index contributed by atoms with van der Waals surface area (Å²) in [5.41, 5.74) is 2.37. The molecule has 0 aromatic carbocycles. The molecule has 0 aliphatic heterocycles. The first-order valence-corrected chi connectivity index (χ1v) is 6.77. The highest BCUT2D eigenvalue weighted by Crippen LogP contribution is 2.35. The third kappa shape index (κ3) is 2.10. The van der Waals surface area contributed by atoms with E-state index in [1.165, 1.54) is 31.4 Å². The molecule has 1 aliphatic carbocycles. The molecule has 1 fully saturated rings. The number of aromatic nitrogens is 2. The van der Waals surface area contributed by atoms with E-state index in [2.05, 4.69) is 29.5 Å². The van der Waals surface area contributed by atoms with E-state index in [1.54, 1.807) is 11.8 Å². The Bertz CT molecular complexity index is 411. The van der Waals surface area contributed by atoms with E-state index in [1.807, 2.05) is 0 Å². The number of nitrogens with zero attached hydrogens (tertiary/aromatic N) is 3. The van der Waals surface area contributed by atoms with Crippen LogP contribution >= 0.6 is 11.8 Å². The summed E-state index contributed by atoms with van der Waals surface area (Å²) >= 11 is 1.56. The van der Waals surface area contributed by atoms with Gasteiger partial charge in [0.15, 0.2) is 5.16 Å². The highest BCUT2D eigenvalue weighted by atomic mass is 32.2. The Hall–Kier alpha value is -0.950. The molecule has 0 unspecified atom stereocenters. The zero-order chi connectivity index (χ0) is 11.5. The largest absolute Gasteiger partial charge is 0.320 e. The SMILES string of the molecule is Cc1nc(SCC#N)n(C2CCCC2)c1C. The Balaban J connectivity index is 2.29. The molecular formula is C12H17N3S. The fourth-order valence-electron chi connectivity index (χ4n) is 2.39. The monoisotopic (exact) mass is 235 g/mol. The molecule has 1 aromatic heterocycles. The Morgan fingerprint density at radius 3 is 2.75 bits per heavy atom. The second-order valence-corrected chi connectivity index (χ2v) is 5.26. The fraction of sp³-hybridized carbons (Fsp3) is 0.667. The number of hydrogen-bond donors (Lipinski definition) is 0. The predicted molar refractivity (Wildman–Crippen MR) is 65.5 cm³/mol. The van der Waals surface area contributed by atoms with Crippen LogP contribution in [-0.2, 0) is 0 Å². The average Bonchev–Trinajstić information content (AvgIpc) is 2.86. The van der Waals surface area contributed by atoms with Crippen molar-refractivity contribution < 1.29 is 0 Å². The van der Waals surface area contributed by atoms with Gasteiger partial charge in [0, 0.05) is 11.7 Å². The molecule has 0 N–H and O–H groups in total. The number of hydrogen-bond acceptors (Lipinski definition) is 3. The molecule has 0 atom stereocenters. The Morgan fingerprint density at radius 1 is 1.44 bits per heavy atom. The predicted octanol–water partition coefficient (Wildman–Crippen LogP) is 3.23. The molecule has 0 radical (unpaired) electrons. The normalized spacial score (nSPS) is 16.6. The van der Waals surface area contributed by atoms with Crippen LogP contribution in [-0.4, -0.2) is 15.3 Å². The molecule has 1 heterocycles. The maximum atomic E-state index is 8.65. The first kappa shape index (κ1) is 11.5. The van der Waals surface area contributed by atoms with Gasteiger partial charge in [0.05, 0.1) is 17.5 Å². The van der Waals surface area contributed by atoms with Gasteiger partial charge >= 0.3 is 0 Å². The first-order valence-electron chi connectivity index (χ1n) is 5.79. The number of aryl methyl sites for hydroxylation is 1. The third-order valence-electron chi connectivity index (χ3n) is 3.31. The Morgan fingerprint density at radius 2 is 2.12 bits per heavy atom. The molecule has 2 rings (SSSR count). The van der Waals surface area contributed by atoms with Crippen LogP contribution in [0.2, 0.25) is 0 Å². The van der Waals surface area contributed by atoms with Gasteiger partial charge in [-0.05, 0) is 26.7 Å². The molecule has 0 amide bonds. The van der Waals surface area contributed by atoms with Crippen LogP contribution in [0.5, 0.6) is 0 Å². The second-order valence-electron chi connectivity index (χ2n) is 4.32. The van der Waals surface area contributed by atoms with Crippen LogP contribution in [0.15, 0.2) is 5.16 Å². The average molecular weight is 235 g/mol. The van der Waals surface area contributed by atoms with E-state index in [0.717, 1.165) is 10.9 Å². The van der Waals surface area contributed by atoms with Gasteiger partial charge < -0.3 is 4.57 Å². The van der Waals surface area contributed by atoms with Gasteiger partial charge in [-0.25, -0.2) is 4.98 Å². The number of rotatable bonds is 3. The highest BCUT2D eigenvalue weighted by molar-refractivity contribution is 7.99. The van der Waals surface area contributed by atoms with Crippen molar-refractivity contribution in [2.24, 2.45) is 0 Å². The van der Waals surface area contributed by atoms with Gasteiger partial charge in [0.25, 0.3) is 0 Å². The van der Waals surface area contributed by atoms with Gasteiger partial charge in [-0.15, -0.1) is 0 Å². The Kier molecular flexibility index (Phi) is 3.55. The van der Waals surface area contributed by atoms with Gasteiger partial charge in [0.2, 0.25) is 0 Å². The van der Waals surface area contributed by atoms with Crippen LogP contribution in [0.3, 0.4) is 0 Å². The lowest BCUT2D eigenvalue weighted by molar-refractivity contribution is 0.471. The van der Waals surface area contributed by atoms with E-state index in [9.17, 15) is 0 Å². The molecule has 1 aliphatic rings. The van der Waals surface area contributed by atoms with Crippen molar-refractivity contribution in [3.8, 4) is 6.07 Å². The zero-order valence-electron chi connectivity index (χ0n) is 9.86. The van der Waals surface area contributed by atoms with Crippen LogP contribution in [0, 0.1) is 25.2 Å². The van der Waals surface area contributed by atoms with Crippen molar-refractivity contribution in [3.63, 3.8) is 0 Å². The smallest absolute Gasteiger partial charge is 0.169 e. The lowest BCUT2D eigenvalue weighted by Gasteiger charge is -2.16. The quantitative estimate of drug-likeness (QED) is 0.755. The molecular weight excluding hydrogens is 218 g/mol. The summed E-state index contributed by atoms with van der Waals surface area (Å²) in [6, 6.07) is 2.79. The van der Waals surface area contributed by atoms with Crippen molar-refractivity contribution in [2.75, 3.05) is 5.75 Å². The van der Waals surface area contributed by atoms with Crippen molar-refractivity contribution in [2.45, 2.75) is 50.7 Å². The van der Waals surface area contributed by atoms with E-state index in [-0.39, 0.29) is 0 Å². The number of thioether (sulfide) groups is 1. The van der Waals surface area contributed by atoms with E-state index in [0.29, 0.717) is 11.8 Å². The minimum absolute atomic E-state index is 0.489. The molecule has 3 nitrogen and oxygen atoms in total. The standard InChI is InChI=1S/C12H17N3S/c1-9-10(2)15(11-5-3-4-6-11)12(14-9)16-8-7-13/h11H,3-6,8H2,1-2H3. The zero-order valence-corrected chi connectivity index (χ0v) is 10.7. The summed E-state index contributed by atoms with van der Waals surface area (Å²) in [5, 5.41) is 9.68. The number of nitriles is 1. The van der Waals surface area contributed by atoms with Crippen LogP contribution in [0.4, 0.5) is 0 Å². The summed E-state index contributed by atoms with van der Waals surface area (Å²) < 4.78 is 2.35. The minimum atomic E-state index is 0.489. The third-order valence-corrected chi connectivity index (χ3v) is 4.13. The first-order chi connectivity index (χ1) is 7.74. The van der Waals surface area contributed by atoms with Crippen molar-refractivity contribution in [1.82, 2.24) is 9.55 Å². The van der Waals surface area contributed by atoms with E-state index in [4.69, 9.17) is 5.26 Å². The Labute approximate surface area is 101 Å². The summed E-state index contributed by atoms with van der Waals surface area (Å²) in [6.45, 7) is 4.19. The minimum Gasteiger partial charge on any atom is -0.320 e. The summed E-state index contributed by atoms with van der Waals surface area (Å²) in [6.07, 6.45) is 5.17. The summed E-state index contributed by atoms with van der Waals surface area (Å²) in [5.74, 6) is 0.489. The summed E-state index contributed by atoms with van der Waals surface area (Å²) in [7, 11) is 0. The van der Waals surface area contributed by atoms with Gasteiger partial charge in [-0.2, -0.15) is 5.26 Å². The topological polar surface area (TPSA) is 41.6 Å². The maximum absolute atomic E-state index is 8.65. The maximum Gasteiger partial charge on any atom is 0.169 e. The molecule has 4 heteroatoms. The molecule has 0 bridgehead atoms. The molecule has 1 saturated carbocycles. The van der Waals surface area contributed by atoms with E-state index < -0.39 is 0 Å². The van der Waals surface area contributed by atoms with Gasteiger partial charge in [-0.3, -0.25) is 0 Å². The van der Waals surface area contributed by atoms with Crippen molar-refractivity contribution in [1.29, 1.82) is 5.26 Å². The van der Waals surface area contributed by atoms with Crippen molar-refractivity contribution >= 4 is 11.8 Å². The fourth-order valence-corrected chi connectivity index (χ4v) is 3.21. The highest BCUT2D eigenvalue weighted by Gasteiger charge is 2.22. The van der Waals surface area contributed by atoms with Gasteiger partial charge in [0.1, 0.15) is 0 Å². The summed E-state index contributed by atoms with van der Waals surface area (Å²) in [4.78, 5) is 4.57. The molecule has 16 heavy (non-hydrogen) atoms. The number of imidazole rings is 1. The molecule has 0 spiro atoms. The second kappa shape index (κ2) is 4.92. The van der Waals surface area contributed by atoms with Crippen LogP contribution < -0.4 is 0 Å². The molecule has 0 saturated heterocycles. The molecule has 86 valence electrons. The van der Waals surface area contributed by atoms with E-state index >= 15 is 0 Å². The van der Waals surface area contributed by atoms with Crippen LogP contribution in [0.25, 0.3) is 0 Å². The van der Waals surface area contributed by atoms with Crippen LogP contribution in [0.1, 0.15) is 43.1 Å². The van der Waals surface area contributed by atoms with Gasteiger partial charge in [-0.1, -0.05) is 24.6 Å².